The number of likely N-dealkylation sites (tertiary alicyclic amines) is 1. The Balaban J connectivity index is 0.00000144. The van der Waals surface area contributed by atoms with Gasteiger partial charge in [-0.1, -0.05) is 13.8 Å². The lowest BCUT2D eigenvalue weighted by atomic mass is 10.1. The molecule has 0 aromatic heterocycles. The van der Waals surface area contributed by atoms with E-state index < -0.39 is 0 Å². The third kappa shape index (κ3) is 3.55. The number of nitrogens with zero attached hydrogens (tertiary/aromatic N) is 1. The Morgan fingerprint density at radius 3 is 2.54 bits per heavy atom. The summed E-state index contributed by atoms with van der Waals surface area (Å²) in [6.07, 6.45) is 3.08. The van der Waals surface area contributed by atoms with Crippen LogP contribution in [0.5, 0.6) is 0 Å². The summed E-state index contributed by atoms with van der Waals surface area (Å²) in [5, 5.41) is 0. The second-order valence-electron chi connectivity index (χ2n) is 4.18. The molecule has 1 atom stereocenters. The predicted molar refractivity (Wildman–Crippen MR) is 57.1 cm³/mol. The van der Waals surface area contributed by atoms with Crippen LogP contribution in [0.1, 0.15) is 40.0 Å². The quantitative estimate of drug-likeness (QED) is 0.678. The Bertz CT molecular complexity index is 170. The molecule has 0 aromatic rings. The van der Waals surface area contributed by atoms with E-state index in [2.05, 4.69) is 20.8 Å². The van der Waals surface area contributed by atoms with Gasteiger partial charge in [-0.05, 0) is 25.7 Å². The maximum absolute atomic E-state index is 11.6. The Kier molecular flexibility index (Phi) is 5.38. The predicted octanol–water partition coefficient (Wildman–Crippen LogP) is 2.47. The van der Waals surface area contributed by atoms with Gasteiger partial charge in [-0.2, -0.15) is 0 Å². The highest BCUT2D eigenvalue weighted by atomic mass is 35.5. The first-order valence-corrected chi connectivity index (χ1v) is 4.90. The zero-order chi connectivity index (χ0) is 9.14. The van der Waals surface area contributed by atoms with E-state index in [4.69, 9.17) is 0 Å². The summed E-state index contributed by atoms with van der Waals surface area (Å²) in [5.41, 5.74) is 0. The van der Waals surface area contributed by atoms with Crippen molar-refractivity contribution in [1.29, 1.82) is 0 Å². The molecule has 0 spiro atoms. The summed E-state index contributed by atoms with van der Waals surface area (Å²) in [6, 6.07) is 0.483. The van der Waals surface area contributed by atoms with Gasteiger partial charge >= 0.3 is 0 Å². The van der Waals surface area contributed by atoms with E-state index in [1.54, 1.807) is 0 Å². The van der Waals surface area contributed by atoms with Crippen molar-refractivity contribution >= 4 is 18.3 Å². The molecule has 0 radical (unpaired) electrons. The Morgan fingerprint density at radius 1 is 1.54 bits per heavy atom. The smallest absolute Gasteiger partial charge is 0.223 e. The zero-order valence-corrected chi connectivity index (χ0v) is 9.56. The van der Waals surface area contributed by atoms with Crippen molar-refractivity contribution in [3.63, 3.8) is 0 Å². The van der Waals surface area contributed by atoms with Crippen LogP contribution in [0.15, 0.2) is 0 Å². The fraction of sp³-hybridized carbons (Fsp3) is 0.900. The monoisotopic (exact) mass is 205 g/mol. The van der Waals surface area contributed by atoms with Gasteiger partial charge in [0, 0.05) is 19.0 Å². The molecule has 0 aromatic carbocycles. The van der Waals surface area contributed by atoms with E-state index in [1.807, 2.05) is 4.90 Å². The second kappa shape index (κ2) is 5.48. The van der Waals surface area contributed by atoms with Crippen LogP contribution in [0.25, 0.3) is 0 Å². The van der Waals surface area contributed by atoms with Gasteiger partial charge in [-0.15, -0.1) is 12.4 Å². The molecule has 2 nitrogen and oxygen atoms in total. The number of rotatable bonds is 2. The van der Waals surface area contributed by atoms with Crippen molar-refractivity contribution in [2.45, 2.75) is 46.1 Å². The maximum atomic E-state index is 11.6. The van der Waals surface area contributed by atoms with Gasteiger partial charge in [0.25, 0.3) is 0 Å². The summed E-state index contributed by atoms with van der Waals surface area (Å²) in [5.74, 6) is 0.834. The van der Waals surface area contributed by atoms with E-state index in [9.17, 15) is 4.79 Å². The number of hydrogen-bond acceptors (Lipinski definition) is 1. The number of hydrogen-bond donors (Lipinski definition) is 0. The molecule has 1 unspecified atom stereocenters. The minimum absolute atomic E-state index is 0. The molecule has 1 heterocycles. The minimum Gasteiger partial charge on any atom is -0.340 e. The summed E-state index contributed by atoms with van der Waals surface area (Å²) in [4.78, 5) is 13.6. The molecular weight excluding hydrogens is 186 g/mol. The van der Waals surface area contributed by atoms with Gasteiger partial charge in [0.05, 0.1) is 0 Å². The van der Waals surface area contributed by atoms with Crippen LogP contribution in [0.2, 0.25) is 0 Å². The van der Waals surface area contributed by atoms with Crippen LogP contribution in [-0.2, 0) is 4.79 Å². The van der Waals surface area contributed by atoms with Crippen LogP contribution in [0, 0.1) is 5.92 Å². The summed E-state index contributed by atoms with van der Waals surface area (Å²) < 4.78 is 0. The lowest BCUT2D eigenvalue weighted by Crippen LogP contribution is -2.34. The van der Waals surface area contributed by atoms with Crippen LogP contribution in [-0.4, -0.2) is 23.4 Å². The molecular formula is C10H20ClNO. The topological polar surface area (TPSA) is 20.3 Å². The van der Waals surface area contributed by atoms with Gasteiger partial charge in [0.2, 0.25) is 5.91 Å². The Hall–Kier alpha value is -0.240. The van der Waals surface area contributed by atoms with E-state index in [-0.39, 0.29) is 12.4 Å². The van der Waals surface area contributed by atoms with Crippen molar-refractivity contribution in [2.75, 3.05) is 6.54 Å². The van der Waals surface area contributed by atoms with Crippen molar-refractivity contribution in [3.8, 4) is 0 Å². The van der Waals surface area contributed by atoms with Gasteiger partial charge in [-0.3, -0.25) is 4.79 Å². The number of carbonyl (C=O) groups is 1. The Labute approximate surface area is 87.1 Å². The van der Waals surface area contributed by atoms with Gasteiger partial charge < -0.3 is 4.90 Å². The van der Waals surface area contributed by atoms with Crippen LogP contribution >= 0.6 is 12.4 Å². The molecule has 1 amide bonds. The van der Waals surface area contributed by atoms with Gasteiger partial charge in [0.15, 0.2) is 0 Å². The van der Waals surface area contributed by atoms with Crippen LogP contribution in [0.3, 0.4) is 0 Å². The third-order valence-electron chi connectivity index (χ3n) is 2.46. The van der Waals surface area contributed by atoms with Crippen LogP contribution in [0.4, 0.5) is 0 Å². The molecule has 0 aliphatic carbocycles. The zero-order valence-electron chi connectivity index (χ0n) is 8.75. The SMILES string of the molecule is CC(C)CC(=O)N1CCCC1C.Cl. The second-order valence-corrected chi connectivity index (χ2v) is 4.18. The number of halogens is 1. The van der Waals surface area contributed by atoms with E-state index in [0.717, 1.165) is 6.54 Å². The Morgan fingerprint density at radius 2 is 2.15 bits per heavy atom. The summed E-state index contributed by atoms with van der Waals surface area (Å²) >= 11 is 0. The molecule has 0 bridgehead atoms. The fourth-order valence-electron chi connectivity index (χ4n) is 1.77. The first-order valence-electron chi connectivity index (χ1n) is 4.90. The lowest BCUT2D eigenvalue weighted by Gasteiger charge is -2.22. The van der Waals surface area contributed by atoms with Crippen molar-refractivity contribution in [1.82, 2.24) is 4.90 Å². The molecule has 3 heteroatoms. The van der Waals surface area contributed by atoms with Gasteiger partial charge in [0.1, 0.15) is 0 Å². The van der Waals surface area contributed by atoms with Crippen molar-refractivity contribution in [3.05, 3.63) is 0 Å². The number of amides is 1. The first kappa shape index (κ1) is 12.8. The summed E-state index contributed by atoms with van der Waals surface area (Å²) in [7, 11) is 0. The molecule has 0 saturated carbocycles. The van der Waals surface area contributed by atoms with Gasteiger partial charge in [-0.25, -0.2) is 0 Å². The van der Waals surface area contributed by atoms with Crippen molar-refractivity contribution in [2.24, 2.45) is 5.92 Å². The standard InChI is InChI=1S/C10H19NO.ClH/c1-8(2)7-10(12)11-6-4-5-9(11)3;/h8-9H,4-7H2,1-3H3;1H. The molecule has 1 fully saturated rings. The van der Waals surface area contributed by atoms with Crippen LogP contribution < -0.4 is 0 Å². The summed E-state index contributed by atoms with van der Waals surface area (Å²) in [6.45, 7) is 7.31. The van der Waals surface area contributed by atoms with E-state index >= 15 is 0 Å². The average molecular weight is 206 g/mol. The fourth-order valence-corrected chi connectivity index (χ4v) is 1.77. The highest BCUT2D eigenvalue weighted by Crippen LogP contribution is 2.18. The maximum Gasteiger partial charge on any atom is 0.223 e. The molecule has 78 valence electrons. The largest absolute Gasteiger partial charge is 0.340 e. The first-order chi connectivity index (χ1) is 5.61. The average Bonchev–Trinajstić information content (AvgIpc) is 2.33. The molecule has 1 aliphatic rings. The molecule has 1 aliphatic heterocycles. The van der Waals surface area contributed by atoms with E-state index in [1.165, 1.54) is 12.8 Å². The molecule has 1 saturated heterocycles. The minimum atomic E-state index is 0. The van der Waals surface area contributed by atoms with Crippen molar-refractivity contribution < 1.29 is 4.79 Å². The molecule has 0 N–H and O–H groups in total. The molecule has 13 heavy (non-hydrogen) atoms. The highest BCUT2D eigenvalue weighted by Gasteiger charge is 2.24. The lowest BCUT2D eigenvalue weighted by molar-refractivity contribution is -0.132. The number of carbonyl (C=O) groups excluding carboxylic acids is 1. The molecule has 1 rings (SSSR count). The highest BCUT2D eigenvalue weighted by molar-refractivity contribution is 5.85. The normalized spacial score (nSPS) is 21.8. The van der Waals surface area contributed by atoms with E-state index in [0.29, 0.717) is 24.3 Å². The third-order valence-corrected chi connectivity index (χ3v) is 2.46.